The molecule has 0 saturated heterocycles. The Hall–Kier alpha value is -0.810. The molecule has 0 radical (unpaired) electrons. The number of hydrogen-bond donors (Lipinski definition) is 0. The van der Waals surface area contributed by atoms with Gasteiger partial charge in [0.05, 0.1) is 4.92 Å². The van der Waals surface area contributed by atoms with Crippen molar-refractivity contribution in [2.45, 2.75) is 17.2 Å². The van der Waals surface area contributed by atoms with Gasteiger partial charge in [-0.15, -0.1) is 23.4 Å². The largest absolute Gasteiger partial charge is 0.273 e. The summed E-state index contributed by atoms with van der Waals surface area (Å²) in [5.74, 6) is 0.495. The molecule has 1 unspecified atom stereocenters. The number of thioether (sulfide) groups is 1. The van der Waals surface area contributed by atoms with Crippen LogP contribution in [0.15, 0.2) is 23.4 Å². The number of nitrogens with zero attached hydrogens (tertiary/aromatic N) is 2. The maximum absolute atomic E-state index is 10.5. The van der Waals surface area contributed by atoms with Crippen LogP contribution in [0.4, 0.5) is 5.69 Å². The Balaban J connectivity index is 2.78. The third kappa shape index (κ3) is 3.16. The summed E-state index contributed by atoms with van der Waals surface area (Å²) in [6.45, 7) is 1.94. The lowest BCUT2D eigenvalue weighted by Crippen LogP contribution is -1.98. The van der Waals surface area contributed by atoms with Gasteiger partial charge in [-0.3, -0.25) is 10.1 Å². The van der Waals surface area contributed by atoms with Gasteiger partial charge in [-0.2, -0.15) is 0 Å². The van der Waals surface area contributed by atoms with E-state index in [1.54, 1.807) is 0 Å². The predicted molar refractivity (Wildman–Crippen MR) is 56.9 cm³/mol. The molecule has 0 aromatic carbocycles. The monoisotopic (exact) mass is 232 g/mol. The Morgan fingerprint density at radius 2 is 2.50 bits per heavy atom. The summed E-state index contributed by atoms with van der Waals surface area (Å²) >= 11 is 7.05. The number of nitro groups is 1. The third-order valence-electron chi connectivity index (χ3n) is 1.47. The van der Waals surface area contributed by atoms with Crippen LogP contribution in [0.1, 0.15) is 6.92 Å². The number of rotatable bonds is 4. The normalized spacial score (nSPS) is 12.4. The van der Waals surface area contributed by atoms with E-state index in [1.165, 1.54) is 30.1 Å². The van der Waals surface area contributed by atoms with E-state index in [9.17, 15) is 10.1 Å². The fourth-order valence-corrected chi connectivity index (χ4v) is 1.79. The molecule has 0 bridgehead atoms. The van der Waals surface area contributed by atoms with Crippen LogP contribution in [0.2, 0.25) is 0 Å². The first-order chi connectivity index (χ1) is 6.63. The topological polar surface area (TPSA) is 56.0 Å². The Morgan fingerprint density at radius 3 is 3.07 bits per heavy atom. The summed E-state index contributed by atoms with van der Waals surface area (Å²) in [6.07, 6.45) is 1.43. The molecule has 0 spiro atoms. The highest BCUT2D eigenvalue weighted by molar-refractivity contribution is 7.99. The minimum Gasteiger partial charge on any atom is -0.258 e. The highest BCUT2D eigenvalue weighted by Gasteiger charge is 2.09. The molecule has 0 aliphatic heterocycles. The molecule has 4 nitrogen and oxygen atoms in total. The SMILES string of the molecule is CC(CCl)Sc1cc([N+](=O)[O-])ccn1. The minimum absolute atomic E-state index is 0.0595. The van der Waals surface area contributed by atoms with Gasteiger partial charge in [-0.1, -0.05) is 6.92 Å². The average Bonchev–Trinajstić information content (AvgIpc) is 2.18. The van der Waals surface area contributed by atoms with Crippen LogP contribution in [0.5, 0.6) is 0 Å². The van der Waals surface area contributed by atoms with Crippen molar-refractivity contribution >= 4 is 29.1 Å². The smallest absolute Gasteiger partial charge is 0.258 e. The molecule has 0 aliphatic rings. The van der Waals surface area contributed by atoms with E-state index in [0.717, 1.165) is 0 Å². The van der Waals surface area contributed by atoms with E-state index in [2.05, 4.69) is 4.98 Å². The molecule has 1 heterocycles. The Bertz CT molecular complexity index is 335. The molecule has 0 amide bonds. The summed E-state index contributed by atoms with van der Waals surface area (Å²) in [5, 5.41) is 11.3. The van der Waals surface area contributed by atoms with E-state index in [-0.39, 0.29) is 10.9 Å². The van der Waals surface area contributed by atoms with Gasteiger partial charge < -0.3 is 0 Å². The van der Waals surface area contributed by atoms with Gasteiger partial charge in [0, 0.05) is 29.5 Å². The number of pyridine rings is 1. The second kappa shape index (κ2) is 5.17. The van der Waals surface area contributed by atoms with Crippen molar-refractivity contribution in [2.75, 3.05) is 5.88 Å². The molecule has 0 saturated carbocycles. The number of alkyl halides is 1. The highest BCUT2D eigenvalue weighted by atomic mass is 35.5. The van der Waals surface area contributed by atoms with Crippen LogP contribution in [-0.4, -0.2) is 21.0 Å². The molecule has 76 valence electrons. The fourth-order valence-electron chi connectivity index (χ4n) is 0.815. The first kappa shape index (κ1) is 11.3. The standard InChI is InChI=1S/C8H9ClN2O2S/c1-6(5-9)14-8-4-7(11(12)13)2-3-10-8/h2-4,6H,5H2,1H3. The summed E-state index contributed by atoms with van der Waals surface area (Å²) in [7, 11) is 0. The molecule has 0 N–H and O–H groups in total. The molecule has 6 heteroatoms. The zero-order valence-corrected chi connectivity index (χ0v) is 9.09. The van der Waals surface area contributed by atoms with Gasteiger partial charge in [0.25, 0.3) is 5.69 Å². The van der Waals surface area contributed by atoms with Gasteiger partial charge in [0.1, 0.15) is 5.03 Å². The molecule has 1 rings (SSSR count). The minimum atomic E-state index is -0.433. The maximum Gasteiger partial charge on any atom is 0.273 e. The Kier molecular flexibility index (Phi) is 4.16. The van der Waals surface area contributed by atoms with Crippen LogP contribution in [0.3, 0.4) is 0 Å². The molecule has 0 aliphatic carbocycles. The maximum atomic E-state index is 10.5. The number of aromatic nitrogens is 1. The van der Waals surface area contributed by atoms with Gasteiger partial charge in [0.2, 0.25) is 0 Å². The predicted octanol–water partition coefficient (Wildman–Crippen LogP) is 2.71. The van der Waals surface area contributed by atoms with Crippen molar-refractivity contribution in [1.82, 2.24) is 4.98 Å². The summed E-state index contributed by atoms with van der Waals surface area (Å²) in [5.41, 5.74) is 0.0595. The lowest BCUT2D eigenvalue weighted by molar-refractivity contribution is -0.385. The highest BCUT2D eigenvalue weighted by Crippen LogP contribution is 2.24. The fraction of sp³-hybridized carbons (Fsp3) is 0.375. The summed E-state index contributed by atoms with van der Waals surface area (Å²) in [6, 6.07) is 2.82. The zero-order valence-electron chi connectivity index (χ0n) is 7.51. The number of hydrogen-bond acceptors (Lipinski definition) is 4. The van der Waals surface area contributed by atoms with Crippen molar-refractivity contribution in [3.8, 4) is 0 Å². The van der Waals surface area contributed by atoms with E-state index in [1.807, 2.05) is 6.92 Å². The van der Waals surface area contributed by atoms with Crippen LogP contribution < -0.4 is 0 Å². The lowest BCUT2D eigenvalue weighted by Gasteiger charge is -2.04. The molecule has 1 aromatic rings. The first-order valence-corrected chi connectivity index (χ1v) is 5.38. The van der Waals surface area contributed by atoms with E-state index < -0.39 is 4.92 Å². The first-order valence-electron chi connectivity index (χ1n) is 3.96. The van der Waals surface area contributed by atoms with Gasteiger partial charge in [-0.25, -0.2) is 4.98 Å². The third-order valence-corrected chi connectivity index (χ3v) is 3.15. The van der Waals surface area contributed by atoms with Crippen molar-refractivity contribution in [3.05, 3.63) is 28.4 Å². The van der Waals surface area contributed by atoms with Crippen molar-refractivity contribution < 1.29 is 4.92 Å². The Labute approximate surface area is 90.8 Å². The van der Waals surface area contributed by atoms with Crippen molar-refractivity contribution in [3.63, 3.8) is 0 Å². The summed E-state index contributed by atoms with van der Waals surface area (Å²) in [4.78, 5) is 14.0. The van der Waals surface area contributed by atoms with Crippen molar-refractivity contribution in [2.24, 2.45) is 0 Å². The molecule has 1 atom stereocenters. The van der Waals surface area contributed by atoms with E-state index >= 15 is 0 Å². The lowest BCUT2D eigenvalue weighted by atomic mass is 10.4. The van der Waals surface area contributed by atoms with Crippen LogP contribution >= 0.6 is 23.4 Å². The second-order valence-electron chi connectivity index (χ2n) is 2.69. The second-order valence-corrected chi connectivity index (χ2v) is 4.46. The summed E-state index contributed by atoms with van der Waals surface area (Å²) < 4.78 is 0. The van der Waals surface area contributed by atoms with E-state index in [0.29, 0.717) is 10.9 Å². The van der Waals surface area contributed by atoms with Gasteiger partial charge >= 0.3 is 0 Å². The quantitative estimate of drug-likeness (QED) is 0.347. The molecular weight excluding hydrogens is 224 g/mol. The van der Waals surface area contributed by atoms with Crippen LogP contribution in [-0.2, 0) is 0 Å². The average molecular weight is 233 g/mol. The molecule has 0 fully saturated rings. The van der Waals surface area contributed by atoms with Crippen LogP contribution in [0.25, 0.3) is 0 Å². The Morgan fingerprint density at radius 1 is 1.79 bits per heavy atom. The van der Waals surface area contributed by atoms with Gasteiger partial charge in [0.15, 0.2) is 0 Å². The van der Waals surface area contributed by atoms with E-state index in [4.69, 9.17) is 11.6 Å². The molecule has 1 aromatic heterocycles. The van der Waals surface area contributed by atoms with Crippen LogP contribution in [0, 0.1) is 10.1 Å². The van der Waals surface area contributed by atoms with Gasteiger partial charge in [-0.05, 0) is 0 Å². The molecular formula is C8H9ClN2O2S. The number of halogens is 1. The zero-order chi connectivity index (χ0) is 10.6. The molecule has 14 heavy (non-hydrogen) atoms. The van der Waals surface area contributed by atoms with Crippen molar-refractivity contribution in [1.29, 1.82) is 0 Å².